The second-order valence-electron chi connectivity index (χ2n) is 6.37. The number of carbonyl (C=O) groups is 2. The van der Waals surface area contributed by atoms with E-state index in [1.807, 2.05) is 27.7 Å². The molecule has 116 valence electrons. The van der Waals surface area contributed by atoms with E-state index < -0.39 is 5.60 Å². The van der Waals surface area contributed by atoms with Gasteiger partial charge in [0.1, 0.15) is 5.60 Å². The average Bonchev–Trinajstić information content (AvgIpc) is 2.29. The number of hydrogen-bond donors (Lipinski definition) is 1. The van der Waals surface area contributed by atoms with Crippen molar-refractivity contribution >= 4 is 12.1 Å². The fourth-order valence-corrected chi connectivity index (χ4v) is 2.44. The van der Waals surface area contributed by atoms with Gasteiger partial charge >= 0.3 is 12.1 Å². The third-order valence-electron chi connectivity index (χ3n) is 3.33. The molecule has 0 atom stereocenters. The molecule has 20 heavy (non-hydrogen) atoms. The van der Waals surface area contributed by atoms with Gasteiger partial charge in [0.2, 0.25) is 0 Å². The van der Waals surface area contributed by atoms with E-state index in [2.05, 4.69) is 5.32 Å². The molecule has 1 amide bonds. The molecule has 0 aromatic rings. The van der Waals surface area contributed by atoms with Gasteiger partial charge in [-0.05, 0) is 59.3 Å². The Morgan fingerprint density at radius 1 is 1.15 bits per heavy atom. The van der Waals surface area contributed by atoms with E-state index in [0.29, 0.717) is 18.9 Å². The van der Waals surface area contributed by atoms with E-state index in [0.717, 1.165) is 25.7 Å². The normalized spacial score (nSPS) is 23.0. The van der Waals surface area contributed by atoms with Crippen LogP contribution in [-0.4, -0.2) is 30.3 Å². The molecule has 0 aromatic carbocycles. The highest BCUT2D eigenvalue weighted by atomic mass is 16.6. The van der Waals surface area contributed by atoms with Crippen LogP contribution < -0.4 is 5.32 Å². The zero-order valence-electron chi connectivity index (χ0n) is 13.0. The molecular weight excluding hydrogens is 258 g/mol. The third kappa shape index (κ3) is 6.78. The topological polar surface area (TPSA) is 64.6 Å². The van der Waals surface area contributed by atoms with Gasteiger partial charge in [0.25, 0.3) is 0 Å². The lowest BCUT2D eigenvalue weighted by Crippen LogP contribution is -2.41. The van der Waals surface area contributed by atoms with Crippen molar-refractivity contribution in [2.75, 3.05) is 6.61 Å². The molecule has 0 aromatic heterocycles. The van der Waals surface area contributed by atoms with Crippen LogP contribution in [0.25, 0.3) is 0 Å². The zero-order valence-corrected chi connectivity index (χ0v) is 13.0. The number of amides is 1. The van der Waals surface area contributed by atoms with Gasteiger partial charge < -0.3 is 14.8 Å². The Hall–Kier alpha value is -1.26. The number of hydrogen-bond acceptors (Lipinski definition) is 4. The van der Waals surface area contributed by atoms with Crippen LogP contribution in [-0.2, 0) is 14.3 Å². The number of carbonyl (C=O) groups excluding carboxylic acids is 2. The molecule has 0 heterocycles. The molecule has 0 bridgehead atoms. The molecule has 0 spiro atoms. The number of rotatable bonds is 4. The van der Waals surface area contributed by atoms with Crippen molar-refractivity contribution in [2.45, 2.75) is 71.4 Å². The van der Waals surface area contributed by atoms with Crippen LogP contribution in [0.2, 0.25) is 0 Å². The summed E-state index contributed by atoms with van der Waals surface area (Å²) < 4.78 is 10.2. The Bertz CT molecular complexity index is 327. The molecule has 1 saturated carbocycles. The monoisotopic (exact) mass is 285 g/mol. The molecule has 1 aliphatic rings. The first-order chi connectivity index (χ1) is 9.30. The fourth-order valence-electron chi connectivity index (χ4n) is 2.44. The summed E-state index contributed by atoms with van der Waals surface area (Å²) in [5.41, 5.74) is -0.467. The largest absolute Gasteiger partial charge is 0.466 e. The van der Waals surface area contributed by atoms with Crippen molar-refractivity contribution < 1.29 is 19.1 Å². The number of ether oxygens (including phenoxy) is 2. The Balaban J connectivity index is 2.25. The second kappa shape index (κ2) is 7.50. The summed E-state index contributed by atoms with van der Waals surface area (Å²) >= 11 is 0. The standard InChI is InChI=1S/C15H27NO4/c1-5-19-13(17)10-11-6-8-12(9-7-11)16-14(18)20-15(2,3)4/h11-12H,5-10H2,1-4H3,(H,16,18)/t11-,12-. The first-order valence-electron chi connectivity index (χ1n) is 7.45. The Kier molecular flexibility index (Phi) is 6.30. The van der Waals surface area contributed by atoms with Gasteiger partial charge in [0.05, 0.1) is 6.61 Å². The van der Waals surface area contributed by atoms with Crippen LogP contribution in [0, 0.1) is 5.92 Å². The highest BCUT2D eigenvalue weighted by Crippen LogP contribution is 2.27. The predicted octanol–water partition coefficient (Wildman–Crippen LogP) is 3.02. The van der Waals surface area contributed by atoms with Crippen molar-refractivity contribution in [3.8, 4) is 0 Å². The van der Waals surface area contributed by atoms with E-state index >= 15 is 0 Å². The molecule has 0 saturated heterocycles. The highest BCUT2D eigenvalue weighted by molar-refractivity contribution is 5.69. The van der Waals surface area contributed by atoms with Gasteiger partial charge in [0.15, 0.2) is 0 Å². The maximum Gasteiger partial charge on any atom is 0.407 e. The minimum absolute atomic E-state index is 0.115. The highest BCUT2D eigenvalue weighted by Gasteiger charge is 2.26. The summed E-state index contributed by atoms with van der Waals surface area (Å²) in [6.07, 6.45) is 3.81. The summed E-state index contributed by atoms with van der Waals surface area (Å²) in [6.45, 7) is 7.81. The lowest BCUT2D eigenvalue weighted by atomic mass is 9.84. The third-order valence-corrected chi connectivity index (χ3v) is 3.33. The van der Waals surface area contributed by atoms with E-state index in [1.54, 1.807) is 0 Å². The predicted molar refractivity (Wildman–Crippen MR) is 76.4 cm³/mol. The minimum Gasteiger partial charge on any atom is -0.466 e. The van der Waals surface area contributed by atoms with E-state index in [4.69, 9.17) is 9.47 Å². The van der Waals surface area contributed by atoms with Crippen LogP contribution in [0.4, 0.5) is 4.79 Å². The van der Waals surface area contributed by atoms with E-state index in [9.17, 15) is 9.59 Å². The van der Waals surface area contributed by atoms with Crippen LogP contribution in [0.1, 0.15) is 59.8 Å². The van der Waals surface area contributed by atoms with Gasteiger partial charge in [-0.1, -0.05) is 0 Å². The second-order valence-corrected chi connectivity index (χ2v) is 6.37. The van der Waals surface area contributed by atoms with Crippen LogP contribution >= 0.6 is 0 Å². The van der Waals surface area contributed by atoms with Crippen LogP contribution in [0.3, 0.4) is 0 Å². The lowest BCUT2D eigenvalue weighted by Gasteiger charge is -2.29. The van der Waals surface area contributed by atoms with E-state index in [-0.39, 0.29) is 18.1 Å². The summed E-state index contributed by atoms with van der Waals surface area (Å²) in [6, 6.07) is 0.156. The molecule has 0 aliphatic heterocycles. The summed E-state index contributed by atoms with van der Waals surface area (Å²) in [5, 5.41) is 2.90. The maximum absolute atomic E-state index is 11.7. The van der Waals surface area contributed by atoms with Gasteiger partial charge in [-0.25, -0.2) is 4.79 Å². The SMILES string of the molecule is CCOC(=O)C[C@H]1CC[C@H](NC(=O)OC(C)(C)C)CC1. The summed E-state index contributed by atoms with van der Waals surface area (Å²) in [7, 11) is 0. The fraction of sp³-hybridized carbons (Fsp3) is 0.867. The zero-order chi connectivity index (χ0) is 15.2. The number of alkyl carbamates (subject to hydrolysis) is 1. The molecule has 1 rings (SSSR count). The summed E-state index contributed by atoms with van der Waals surface area (Å²) in [4.78, 5) is 23.1. The van der Waals surface area contributed by atoms with Crippen molar-refractivity contribution in [1.29, 1.82) is 0 Å². The number of nitrogens with one attached hydrogen (secondary N) is 1. The van der Waals surface area contributed by atoms with Gasteiger partial charge in [-0.15, -0.1) is 0 Å². The Morgan fingerprint density at radius 3 is 2.25 bits per heavy atom. The Labute approximate surface area is 121 Å². The van der Waals surface area contributed by atoms with Gasteiger partial charge in [0, 0.05) is 12.5 Å². The van der Waals surface area contributed by atoms with Crippen LogP contribution in [0.15, 0.2) is 0 Å². The van der Waals surface area contributed by atoms with Crippen molar-refractivity contribution in [2.24, 2.45) is 5.92 Å². The Morgan fingerprint density at radius 2 is 1.75 bits per heavy atom. The van der Waals surface area contributed by atoms with E-state index in [1.165, 1.54) is 0 Å². The van der Waals surface area contributed by atoms with Crippen molar-refractivity contribution in [3.05, 3.63) is 0 Å². The first kappa shape index (κ1) is 16.8. The first-order valence-corrected chi connectivity index (χ1v) is 7.45. The molecular formula is C15H27NO4. The summed E-state index contributed by atoms with van der Waals surface area (Å²) in [5.74, 6) is 0.266. The van der Waals surface area contributed by atoms with Crippen LogP contribution in [0.5, 0.6) is 0 Å². The number of esters is 1. The molecule has 1 N–H and O–H groups in total. The molecule has 5 nitrogen and oxygen atoms in total. The molecule has 0 radical (unpaired) electrons. The van der Waals surface area contributed by atoms with Gasteiger partial charge in [-0.2, -0.15) is 0 Å². The molecule has 1 aliphatic carbocycles. The molecule has 5 heteroatoms. The quantitative estimate of drug-likeness (QED) is 0.806. The van der Waals surface area contributed by atoms with Gasteiger partial charge in [-0.3, -0.25) is 4.79 Å². The lowest BCUT2D eigenvalue weighted by molar-refractivity contribution is -0.144. The average molecular weight is 285 g/mol. The molecule has 0 unspecified atom stereocenters. The molecule has 1 fully saturated rings. The maximum atomic E-state index is 11.7. The van der Waals surface area contributed by atoms with Crippen molar-refractivity contribution in [1.82, 2.24) is 5.32 Å². The van der Waals surface area contributed by atoms with Crippen molar-refractivity contribution in [3.63, 3.8) is 0 Å². The minimum atomic E-state index is -0.467. The smallest absolute Gasteiger partial charge is 0.407 e.